The van der Waals surface area contributed by atoms with Gasteiger partial charge in [-0.25, -0.2) is 0 Å². The van der Waals surface area contributed by atoms with Crippen LogP contribution in [0.2, 0.25) is 0 Å². The lowest BCUT2D eigenvalue weighted by Gasteiger charge is -2.31. The maximum Gasteiger partial charge on any atom is 0.00839 e. The van der Waals surface area contributed by atoms with Gasteiger partial charge in [0.1, 0.15) is 0 Å². The Morgan fingerprint density at radius 2 is 2.08 bits per heavy atom. The van der Waals surface area contributed by atoms with Crippen molar-refractivity contribution >= 4 is 22.6 Å². The highest BCUT2D eigenvalue weighted by Crippen LogP contribution is 2.32. The van der Waals surface area contributed by atoms with Gasteiger partial charge in [0.25, 0.3) is 0 Å². The lowest BCUT2D eigenvalue weighted by molar-refractivity contribution is 0.244. The molecule has 0 bridgehead atoms. The van der Waals surface area contributed by atoms with Crippen molar-refractivity contribution in [3.8, 4) is 0 Å². The standard InChI is InChI=1S/C10H20IN/c1-7-3-9(5-8(2)11)6-10(12)4-7/h7-10H,3-6,12H2,1-2H3. The van der Waals surface area contributed by atoms with E-state index in [1.165, 1.54) is 25.7 Å². The van der Waals surface area contributed by atoms with Gasteiger partial charge >= 0.3 is 0 Å². The zero-order valence-electron chi connectivity index (χ0n) is 8.09. The molecule has 0 saturated heterocycles. The van der Waals surface area contributed by atoms with Gasteiger partial charge < -0.3 is 5.73 Å². The molecule has 1 aliphatic carbocycles. The Kier molecular flexibility index (Phi) is 4.30. The molecule has 0 spiro atoms. The van der Waals surface area contributed by atoms with Gasteiger partial charge in [-0.3, -0.25) is 0 Å². The molecule has 1 aliphatic rings. The van der Waals surface area contributed by atoms with Crippen molar-refractivity contribution in [2.24, 2.45) is 17.6 Å². The molecule has 0 aromatic rings. The first kappa shape index (κ1) is 10.8. The Morgan fingerprint density at radius 3 is 2.58 bits per heavy atom. The molecule has 2 N–H and O–H groups in total. The molecule has 4 unspecified atom stereocenters. The third kappa shape index (κ3) is 3.60. The monoisotopic (exact) mass is 281 g/mol. The lowest BCUT2D eigenvalue weighted by Crippen LogP contribution is -2.32. The Labute approximate surface area is 89.6 Å². The minimum Gasteiger partial charge on any atom is -0.328 e. The molecule has 72 valence electrons. The van der Waals surface area contributed by atoms with Crippen LogP contribution >= 0.6 is 22.6 Å². The van der Waals surface area contributed by atoms with Gasteiger partial charge in [0.2, 0.25) is 0 Å². The van der Waals surface area contributed by atoms with Crippen LogP contribution in [0.1, 0.15) is 39.5 Å². The van der Waals surface area contributed by atoms with Gasteiger partial charge in [-0.2, -0.15) is 0 Å². The Bertz CT molecular complexity index is 123. The highest BCUT2D eigenvalue weighted by Gasteiger charge is 2.24. The van der Waals surface area contributed by atoms with Gasteiger partial charge in [0.05, 0.1) is 0 Å². The van der Waals surface area contributed by atoms with Crippen molar-refractivity contribution in [2.45, 2.75) is 49.5 Å². The summed E-state index contributed by atoms with van der Waals surface area (Å²) in [6, 6.07) is 0.480. The predicted octanol–water partition coefficient (Wildman–Crippen LogP) is 2.96. The maximum atomic E-state index is 5.99. The third-order valence-electron chi connectivity index (χ3n) is 2.74. The molecule has 0 radical (unpaired) electrons. The normalized spacial score (nSPS) is 39.5. The van der Waals surface area contributed by atoms with Crippen LogP contribution in [0.15, 0.2) is 0 Å². The van der Waals surface area contributed by atoms with Gasteiger partial charge in [0.15, 0.2) is 0 Å². The van der Waals surface area contributed by atoms with E-state index in [-0.39, 0.29) is 0 Å². The maximum absolute atomic E-state index is 5.99. The van der Waals surface area contributed by atoms with Gasteiger partial charge in [0, 0.05) is 9.97 Å². The van der Waals surface area contributed by atoms with Crippen LogP contribution in [0.4, 0.5) is 0 Å². The second-order valence-electron chi connectivity index (χ2n) is 4.45. The summed E-state index contributed by atoms with van der Waals surface area (Å²) in [5.41, 5.74) is 5.99. The summed E-state index contributed by atoms with van der Waals surface area (Å²) in [6.07, 6.45) is 5.27. The first-order chi connectivity index (χ1) is 5.58. The number of rotatable bonds is 2. The molecule has 0 amide bonds. The predicted molar refractivity (Wildman–Crippen MR) is 62.6 cm³/mol. The summed E-state index contributed by atoms with van der Waals surface area (Å²) in [5.74, 6) is 1.75. The molecule has 1 rings (SSSR count). The first-order valence-corrected chi connectivity index (χ1v) is 6.22. The molecule has 0 aromatic heterocycles. The molecule has 1 nitrogen and oxygen atoms in total. The summed E-state index contributed by atoms with van der Waals surface area (Å²) < 4.78 is 0.810. The summed E-state index contributed by atoms with van der Waals surface area (Å²) in [7, 11) is 0. The van der Waals surface area contributed by atoms with Crippen LogP contribution < -0.4 is 5.73 Å². The number of nitrogens with two attached hydrogens (primary N) is 1. The van der Waals surface area contributed by atoms with Crippen LogP contribution in [0, 0.1) is 11.8 Å². The number of hydrogen-bond acceptors (Lipinski definition) is 1. The number of halogens is 1. The zero-order chi connectivity index (χ0) is 9.14. The molecular weight excluding hydrogens is 261 g/mol. The van der Waals surface area contributed by atoms with Crippen molar-refractivity contribution in [3.63, 3.8) is 0 Å². The van der Waals surface area contributed by atoms with E-state index < -0.39 is 0 Å². The minimum atomic E-state index is 0.480. The molecule has 0 aliphatic heterocycles. The van der Waals surface area contributed by atoms with Gasteiger partial charge in [-0.05, 0) is 37.5 Å². The fourth-order valence-electron chi connectivity index (χ4n) is 2.45. The largest absolute Gasteiger partial charge is 0.328 e. The second kappa shape index (κ2) is 4.80. The van der Waals surface area contributed by atoms with Gasteiger partial charge in [-0.15, -0.1) is 0 Å². The highest BCUT2D eigenvalue weighted by molar-refractivity contribution is 14.1. The molecule has 2 heteroatoms. The first-order valence-electron chi connectivity index (χ1n) is 4.97. The molecule has 1 fully saturated rings. The van der Waals surface area contributed by atoms with E-state index >= 15 is 0 Å². The summed E-state index contributed by atoms with van der Waals surface area (Å²) >= 11 is 2.52. The SMILES string of the molecule is CC(I)CC1CC(C)CC(N)C1. The number of alkyl halides is 1. The Balaban J connectivity index is 2.34. The van der Waals surface area contributed by atoms with E-state index in [9.17, 15) is 0 Å². The van der Waals surface area contributed by atoms with Crippen LogP contribution in [-0.2, 0) is 0 Å². The van der Waals surface area contributed by atoms with E-state index in [4.69, 9.17) is 5.73 Å². The zero-order valence-corrected chi connectivity index (χ0v) is 10.3. The van der Waals surface area contributed by atoms with E-state index in [1.807, 2.05) is 0 Å². The van der Waals surface area contributed by atoms with Crippen LogP contribution in [-0.4, -0.2) is 9.97 Å². The molecule has 12 heavy (non-hydrogen) atoms. The summed E-state index contributed by atoms with van der Waals surface area (Å²) in [5, 5.41) is 0. The fourth-order valence-corrected chi connectivity index (χ4v) is 3.17. The molecule has 4 atom stereocenters. The topological polar surface area (TPSA) is 26.0 Å². The van der Waals surface area contributed by atoms with Crippen LogP contribution in [0.25, 0.3) is 0 Å². The summed E-state index contributed by atoms with van der Waals surface area (Å²) in [4.78, 5) is 0. The average Bonchev–Trinajstić information content (AvgIpc) is 1.81. The highest BCUT2D eigenvalue weighted by atomic mass is 127. The van der Waals surface area contributed by atoms with E-state index in [2.05, 4.69) is 36.4 Å². The minimum absolute atomic E-state index is 0.480. The van der Waals surface area contributed by atoms with Crippen molar-refractivity contribution in [2.75, 3.05) is 0 Å². The van der Waals surface area contributed by atoms with E-state index in [0.29, 0.717) is 6.04 Å². The Morgan fingerprint density at radius 1 is 1.42 bits per heavy atom. The van der Waals surface area contributed by atoms with Crippen molar-refractivity contribution in [1.82, 2.24) is 0 Å². The molecular formula is C10H20IN. The third-order valence-corrected chi connectivity index (χ3v) is 3.24. The molecule has 1 saturated carbocycles. The van der Waals surface area contributed by atoms with Crippen molar-refractivity contribution in [3.05, 3.63) is 0 Å². The second-order valence-corrected chi connectivity index (χ2v) is 6.58. The number of hydrogen-bond donors (Lipinski definition) is 1. The van der Waals surface area contributed by atoms with Crippen molar-refractivity contribution < 1.29 is 0 Å². The van der Waals surface area contributed by atoms with Crippen LogP contribution in [0.5, 0.6) is 0 Å². The lowest BCUT2D eigenvalue weighted by atomic mass is 9.78. The van der Waals surface area contributed by atoms with E-state index in [1.54, 1.807) is 0 Å². The summed E-state index contributed by atoms with van der Waals surface area (Å²) in [6.45, 7) is 4.63. The molecule has 0 aromatic carbocycles. The quantitative estimate of drug-likeness (QED) is 0.611. The smallest absolute Gasteiger partial charge is 0.00839 e. The van der Waals surface area contributed by atoms with E-state index in [0.717, 1.165) is 15.8 Å². The van der Waals surface area contributed by atoms with Crippen LogP contribution in [0.3, 0.4) is 0 Å². The molecule has 0 heterocycles. The van der Waals surface area contributed by atoms with Gasteiger partial charge in [-0.1, -0.05) is 36.4 Å². The fraction of sp³-hybridized carbons (Fsp3) is 1.00. The average molecular weight is 281 g/mol. The van der Waals surface area contributed by atoms with Crippen molar-refractivity contribution in [1.29, 1.82) is 0 Å². The Hall–Kier alpha value is 0.690.